The second-order valence-corrected chi connectivity index (χ2v) is 5.91. The third-order valence-corrected chi connectivity index (χ3v) is 4.32. The Kier molecular flexibility index (Phi) is 5.64. The fourth-order valence-corrected chi connectivity index (χ4v) is 3.11. The molecule has 0 saturated heterocycles. The maximum Gasteiger partial charge on any atom is 0.316 e. The van der Waals surface area contributed by atoms with Gasteiger partial charge in [0.15, 0.2) is 5.16 Å². The van der Waals surface area contributed by atoms with Gasteiger partial charge in [0.25, 0.3) is 0 Å². The number of aromatic nitrogens is 3. The van der Waals surface area contributed by atoms with Crippen molar-refractivity contribution in [3.8, 4) is 0 Å². The van der Waals surface area contributed by atoms with Crippen molar-refractivity contribution in [2.24, 2.45) is 0 Å². The van der Waals surface area contributed by atoms with E-state index in [4.69, 9.17) is 4.74 Å². The van der Waals surface area contributed by atoms with Gasteiger partial charge in [-0.15, -0.1) is 16.8 Å². The van der Waals surface area contributed by atoms with Gasteiger partial charge in [-0.25, -0.2) is 0 Å². The number of esters is 1. The number of nitrogens with zero attached hydrogens (tertiary/aromatic N) is 3. The minimum Gasteiger partial charge on any atom is -0.462 e. The molecule has 0 unspecified atom stereocenters. The Hall–Kier alpha value is -1.30. The summed E-state index contributed by atoms with van der Waals surface area (Å²) in [4.78, 5) is 11.8. The van der Waals surface area contributed by atoms with Gasteiger partial charge in [0.1, 0.15) is 11.9 Å². The Morgan fingerprint density at radius 1 is 1.45 bits per heavy atom. The van der Waals surface area contributed by atoms with Crippen LogP contribution in [0.15, 0.2) is 17.8 Å². The van der Waals surface area contributed by atoms with E-state index in [1.54, 1.807) is 6.08 Å². The molecule has 1 aliphatic carbocycles. The molecule has 0 aliphatic heterocycles. The van der Waals surface area contributed by atoms with Crippen molar-refractivity contribution in [2.45, 2.75) is 56.8 Å². The van der Waals surface area contributed by atoms with Crippen molar-refractivity contribution >= 4 is 17.7 Å². The van der Waals surface area contributed by atoms with Crippen LogP contribution in [0.5, 0.6) is 0 Å². The summed E-state index contributed by atoms with van der Waals surface area (Å²) < 4.78 is 7.42. The van der Waals surface area contributed by atoms with Gasteiger partial charge in [0, 0.05) is 6.54 Å². The van der Waals surface area contributed by atoms with Crippen LogP contribution in [0.4, 0.5) is 0 Å². The van der Waals surface area contributed by atoms with Crippen LogP contribution in [0, 0.1) is 6.92 Å². The molecule has 0 bridgehead atoms. The Labute approximate surface area is 123 Å². The normalized spacial score (nSPS) is 16.1. The van der Waals surface area contributed by atoms with Crippen molar-refractivity contribution in [3.05, 3.63) is 18.5 Å². The highest BCUT2D eigenvalue weighted by molar-refractivity contribution is 7.99. The summed E-state index contributed by atoms with van der Waals surface area (Å²) in [5, 5.41) is 8.83. The Balaban J connectivity index is 1.82. The summed E-state index contributed by atoms with van der Waals surface area (Å²) in [6, 6.07) is 0. The Bertz CT molecular complexity index is 467. The SMILES string of the molecule is C=CCn1c(C)nnc1SCC(=O)OC1CCCCC1. The second-order valence-electron chi connectivity index (χ2n) is 4.97. The summed E-state index contributed by atoms with van der Waals surface area (Å²) in [6.45, 7) is 6.25. The van der Waals surface area contributed by atoms with Gasteiger partial charge in [0.2, 0.25) is 0 Å². The van der Waals surface area contributed by atoms with E-state index < -0.39 is 0 Å². The molecule has 20 heavy (non-hydrogen) atoms. The molecule has 5 nitrogen and oxygen atoms in total. The van der Waals surface area contributed by atoms with Gasteiger partial charge in [-0.3, -0.25) is 4.79 Å². The molecule has 0 radical (unpaired) electrons. The highest BCUT2D eigenvalue weighted by Crippen LogP contribution is 2.22. The highest BCUT2D eigenvalue weighted by atomic mass is 32.2. The fraction of sp³-hybridized carbons (Fsp3) is 0.643. The number of allylic oxidation sites excluding steroid dienone is 1. The molecule has 1 heterocycles. The molecule has 0 N–H and O–H groups in total. The molecule has 0 spiro atoms. The monoisotopic (exact) mass is 295 g/mol. The van der Waals surface area contributed by atoms with Gasteiger partial charge in [-0.2, -0.15) is 0 Å². The van der Waals surface area contributed by atoms with Crippen LogP contribution in [-0.4, -0.2) is 32.6 Å². The average Bonchev–Trinajstić information content (AvgIpc) is 2.79. The van der Waals surface area contributed by atoms with Crippen LogP contribution >= 0.6 is 11.8 Å². The minimum atomic E-state index is -0.160. The zero-order chi connectivity index (χ0) is 14.4. The summed E-state index contributed by atoms with van der Waals surface area (Å²) in [6.07, 6.45) is 7.50. The van der Waals surface area contributed by atoms with Gasteiger partial charge in [0.05, 0.1) is 5.75 Å². The van der Waals surface area contributed by atoms with Crippen LogP contribution < -0.4 is 0 Å². The van der Waals surface area contributed by atoms with Crippen LogP contribution in [0.1, 0.15) is 37.9 Å². The van der Waals surface area contributed by atoms with E-state index in [2.05, 4.69) is 16.8 Å². The average molecular weight is 295 g/mol. The van der Waals surface area contributed by atoms with Crippen LogP contribution in [0.2, 0.25) is 0 Å². The van der Waals surface area contributed by atoms with Crippen molar-refractivity contribution in [1.29, 1.82) is 0 Å². The number of ether oxygens (including phenoxy) is 1. The molecule has 6 heteroatoms. The first kappa shape index (κ1) is 15.1. The molecular formula is C14H21N3O2S. The number of hydrogen-bond donors (Lipinski definition) is 0. The number of thioether (sulfide) groups is 1. The Morgan fingerprint density at radius 3 is 2.90 bits per heavy atom. The zero-order valence-electron chi connectivity index (χ0n) is 11.9. The van der Waals surface area contributed by atoms with E-state index >= 15 is 0 Å². The predicted octanol–water partition coefficient (Wildman–Crippen LogP) is 2.74. The zero-order valence-corrected chi connectivity index (χ0v) is 12.7. The molecule has 1 aromatic heterocycles. The molecule has 1 aromatic rings. The number of aryl methyl sites for hydroxylation is 1. The number of rotatable bonds is 6. The fourth-order valence-electron chi connectivity index (χ4n) is 2.33. The lowest BCUT2D eigenvalue weighted by atomic mass is 9.98. The Morgan fingerprint density at radius 2 is 2.20 bits per heavy atom. The topological polar surface area (TPSA) is 57.0 Å². The molecule has 0 atom stereocenters. The smallest absolute Gasteiger partial charge is 0.316 e. The summed E-state index contributed by atoms with van der Waals surface area (Å²) in [5.74, 6) is 0.951. The minimum absolute atomic E-state index is 0.115. The molecule has 1 aliphatic rings. The first-order valence-electron chi connectivity index (χ1n) is 7.03. The largest absolute Gasteiger partial charge is 0.462 e. The molecular weight excluding hydrogens is 274 g/mol. The van der Waals surface area contributed by atoms with Crippen molar-refractivity contribution in [1.82, 2.24) is 14.8 Å². The van der Waals surface area contributed by atoms with Crippen molar-refractivity contribution in [2.75, 3.05) is 5.75 Å². The maximum atomic E-state index is 11.8. The molecule has 0 amide bonds. The quantitative estimate of drug-likeness (QED) is 0.459. The van der Waals surface area contributed by atoms with E-state index in [-0.39, 0.29) is 17.8 Å². The van der Waals surface area contributed by atoms with Gasteiger partial charge in [-0.1, -0.05) is 24.3 Å². The second kappa shape index (κ2) is 7.47. The third kappa shape index (κ3) is 4.10. The molecule has 1 fully saturated rings. The predicted molar refractivity (Wildman–Crippen MR) is 78.6 cm³/mol. The first-order chi connectivity index (χ1) is 9.70. The number of hydrogen-bond acceptors (Lipinski definition) is 5. The van der Waals surface area contributed by atoms with E-state index in [0.717, 1.165) is 36.7 Å². The van der Waals surface area contributed by atoms with Crippen molar-refractivity contribution < 1.29 is 9.53 Å². The first-order valence-corrected chi connectivity index (χ1v) is 8.02. The van der Waals surface area contributed by atoms with E-state index in [1.165, 1.54) is 18.2 Å². The summed E-state index contributed by atoms with van der Waals surface area (Å²) in [5.41, 5.74) is 0. The lowest BCUT2D eigenvalue weighted by Gasteiger charge is -2.21. The molecule has 0 aromatic carbocycles. The summed E-state index contributed by atoms with van der Waals surface area (Å²) in [7, 11) is 0. The van der Waals surface area contributed by atoms with E-state index in [1.807, 2.05) is 11.5 Å². The number of carbonyl (C=O) groups excluding carboxylic acids is 1. The van der Waals surface area contributed by atoms with Gasteiger partial charge in [-0.05, 0) is 32.6 Å². The lowest BCUT2D eigenvalue weighted by molar-refractivity contribution is -0.147. The maximum absolute atomic E-state index is 11.8. The standard InChI is InChI=1S/C14H21N3O2S/c1-3-9-17-11(2)15-16-14(17)20-10-13(18)19-12-7-5-4-6-8-12/h3,12H,1,4-10H2,2H3. The third-order valence-electron chi connectivity index (χ3n) is 3.38. The van der Waals surface area contributed by atoms with E-state index in [9.17, 15) is 4.79 Å². The molecule has 110 valence electrons. The summed E-state index contributed by atoms with van der Waals surface area (Å²) >= 11 is 1.37. The van der Waals surface area contributed by atoms with Crippen LogP contribution in [0.25, 0.3) is 0 Å². The van der Waals surface area contributed by atoms with Gasteiger partial charge < -0.3 is 9.30 Å². The van der Waals surface area contributed by atoms with Gasteiger partial charge >= 0.3 is 5.97 Å². The van der Waals surface area contributed by atoms with E-state index in [0.29, 0.717) is 6.54 Å². The lowest BCUT2D eigenvalue weighted by Crippen LogP contribution is -2.22. The van der Waals surface area contributed by atoms with Crippen molar-refractivity contribution in [3.63, 3.8) is 0 Å². The number of carbonyl (C=O) groups is 1. The highest BCUT2D eigenvalue weighted by Gasteiger charge is 2.18. The van der Waals surface area contributed by atoms with Crippen LogP contribution in [-0.2, 0) is 16.1 Å². The molecule has 1 saturated carbocycles. The van der Waals surface area contributed by atoms with Crippen LogP contribution in [0.3, 0.4) is 0 Å². The molecule has 2 rings (SSSR count).